The molecule has 7 heteroatoms. The molecule has 0 bridgehead atoms. The maximum Gasteiger partial charge on any atom is 0.254 e. The van der Waals surface area contributed by atoms with Crippen LogP contribution in [0.5, 0.6) is 0 Å². The van der Waals surface area contributed by atoms with Crippen molar-refractivity contribution in [2.24, 2.45) is 0 Å². The van der Waals surface area contributed by atoms with E-state index in [-0.39, 0.29) is 17.5 Å². The fourth-order valence-corrected chi connectivity index (χ4v) is 3.33. The van der Waals surface area contributed by atoms with Crippen LogP contribution in [0.15, 0.2) is 35.1 Å². The van der Waals surface area contributed by atoms with E-state index in [1.165, 1.54) is 12.1 Å². The second kappa shape index (κ2) is 7.01. The Balaban J connectivity index is 1.61. The Bertz CT molecular complexity index is 972. The van der Waals surface area contributed by atoms with E-state index in [1.54, 1.807) is 16.8 Å². The number of hydrogen-bond donors (Lipinski definition) is 2. The Kier molecular flexibility index (Phi) is 4.57. The summed E-state index contributed by atoms with van der Waals surface area (Å²) < 4.78 is 20.4. The molecule has 1 saturated heterocycles. The molecular weight excluding hydrogens is 335 g/mol. The number of aromatic amines is 1. The zero-order valence-electron chi connectivity index (χ0n) is 14.6. The Hall–Kier alpha value is -2.51. The standard InChI is InChI=1S/C19H21FN4O2/c1-12-17-9-13(10-21-11-16-3-2-8-26-16)19(25)22-18(17)24(23-12)15-6-4-14(20)5-7-15/h4-7,9,16,21H,2-3,8,10-11H2,1H3,(H,22,25). The summed E-state index contributed by atoms with van der Waals surface area (Å²) in [5.74, 6) is -0.310. The minimum atomic E-state index is -0.310. The summed E-state index contributed by atoms with van der Waals surface area (Å²) in [6.45, 7) is 3.93. The van der Waals surface area contributed by atoms with Gasteiger partial charge in [-0.05, 0) is 50.1 Å². The summed E-state index contributed by atoms with van der Waals surface area (Å²) in [7, 11) is 0. The predicted molar refractivity (Wildman–Crippen MR) is 97.1 cm³/mol. The molecule has 2 N–H and O–H groups in total. The summed E-state index contributed by atoms with van der Waals surface area (Å²) >= 11 is 0. The largest absolute Gasteiger partial charge is 0.377 e. The Morgan fingerprint density at radius 2 is 2.19 bits per heavy atom. The molecule has 3 heterocycles. The van der Waals surface area contributed by atoms with Gasteiger partial charge in [-0.15, -0.1) is 0 Å². The van der Waals surface area contributed by atoms with Crippen LogP contribution in [0.2, 0.25) is 0 Å². The maximum absolute atomic E-state index is 13.2. The average molecular weight is 356 g/mol. The predicted octanol–water partition coefficient (Wildman–Crippen LogP) is 2.43. The van der Waals surface area contributed by atoms with E-state index in [2.05, 4.69) is 15.4 Å². The molecule has 0 saturated carbocycles. The molecule has 26 heavy (non-hydrogen) atoms. The third-order valence-corrected chi connectivity index (χ3v) is 4.73. The first kappa shape index (κ1) is 16.9. The number of benzene rings is 1. The van der Waals surface area contributed by atoms with Crippen LogP contribution in [0, 0.1) is 12.7 Å². The molecule has 3 aromatic rings. The second-order valence-electron chi connectivity index (χ2n) is 6.63. The van der Waals surface area contributed by atoms with Crippen LogP contribution in [0.4, 0.5) is 4.39 Å². The Morgan fingerprint density at radius 1 is 1.38 bits per heavy atom. The zero-order chi connectivity index (χ0) is 18.1. The molecule has 1 atom stereocenters. The minimum absolute atomic E-state index is 0.152. The van der Waals surface area contributed by atoms with E-state index in [4.69, 9.17) is 4.74 Å². The van der Waals surface area contributed by atoms with E-state index >= 15 is 0 Å². The lowest BCUT2D eigenvalue weighted by Gasteiger charge is -2.10. The number of aromatic nitrogens is 3. The number of halogens is 1. The molecule has 1 fully saturated rings. The van der Waals surface area contributed by atoms with Crippen molar-refractivity contribution in [2.75, 3.05) is 13.2 Å². The van der Waals surface area contributed by atoms with Gasteiger partial charge >= 0.3 is 0 Å². The van der Waals surface area contributed by atoms with E-state index in [0.717, 1.165) is 37.1 Å². The van der Waals surface area contributed by atoms with Gasteiger partial charge in [0.2, 0.25) is 0 Å². The number of pyridine rings is 1. The normalized spacial score (nSPS) is 17.2. The van der Waals surface area contributed by atoms with Gasteiger partial charge < -0.3 is 15.0 Å². The van der Waals surface area contributed by atoms with Crippen molar-refractivity contribution in [2.45, 2.75) is 32.4 Å². The Morgan fingerprint density at radius 3 is 2.92 bits per heavy atom. The van der Waals surface area contributed by atoms with Gasteiger partial charge in [0.05, 0.1) is 17.5 Å². The molecular formula is C19H21FN4O2. The van der Waals surface area contributed by atoms with Crippen molar-refractivity contribution < 1.29 is 9.13 Å². The van der Waals surface area contributed by atoms with Crippen molar-refractivity contribution in [1.82, 2.24) is 20.1 Å². The van der Waals surface area contributed by atoms with Crippen LogP contribution in [0.1, 0.15) is 24.1 Å². The van der Waals surface area contributed by atoms with Crippen LogP contribution < -0.4 is 10.9 Å². The number of nitrogens with zero attached hydrogens (tertiary/aromatic N) is 2. The van der Waals surface area contributed by atoms with Crippen molar-refractivity contribution in [3.8, 4) is 5.69 Å². The maximum atomic E-state index is 13.2. The number of nitrogens with one attached hydrogen (secondary N) is 2. The lowest BCUT2D eigenvalue weighted by molar-refractivity contribution is 0.110. The summed E-state index contributed by atoms with van der Waals surface area (Å²) in [4.78, 5) is 15.4. The van der Waals surface area contributed by atoms with E-state index < -0.39 is 0 Å². The summed E-state index contributed by atoms with van der Waals surface area (Å²) in [6, 6.07) is 7.89. The van der Waals surface area contributed by atoms with Gasteiger partial charge in [0.25, 0.3) is 5.56 Å². The molecule has 136 valence electrons. The van der Waals surface area contributed by atoms with Crippen LogP contribution in [-0.2, 0) is 11.3 Å². The van der Waals surface area contributed by atoms with Crippen molar-refractivity contribution >= 4 is 11.0 Å². The van der Waals surface area contributed by atoms with Gasteiger partial charge in [-0.2, -0.15) is 5.10 Å². The van der Waals surface area contributed by atoms with E-state index in [1.807, 2.05) is 13.0 Å². The molecule has 0 aliphatic carbocycles. The average Bonchev–Trinajstić information content (AvgIpc) is 3.25. The second-order valence-corrected chi connectivity index (χ2v) is 6.63. The van der Waals surface area contributed by atoms with Crippen LogP contribution in [0.25, 0.3) is 16.7 Å². The molecule has 0 spiro atoms. The molecule has 1 aromatic carbocycles. The van der Waals surface area contributed by atoms with Gasteiger partial charge in [-0.3, -0.25) is 4.79 Å². The fourth-order valence-electron chi connectivity index (χ4n) is 3.33. The highest BCUT2D eigenvalue weighted by atomic mass is 19.1. The third-order valence-electron chi connectivity index (χ3n) is 4.73. The van der Waals surface area contributed by atoms with Gasteiger partial charge in [0.1, 0.15) is 11.5 Å². The molecule has 0 amide bonds. The van der Waals surface area contributed by atoms with Crippen molar-refractivity contribution in [3.05, 3.63) is 57.8 Å². The highest BCUT2D eigenvalue weighted by molar-refractivity contribution is 5.80. The number of H-pyrrole nitrogens is 1. The van der Waals surface area contributed by atoms with Crippen molar-refractivity contribution in [1.29, 1.82) is 0 Å². The molecule has 1 aliphatic heterocycles. The minimum Gasteiger partial charge on any atom is -0.377 e. The molecule has 1 aliphatic rings. The number of hydrogen-bond acceptors (Lipinski definition) is 4. The highest BCUT2D eigenvalue weighted by Crippen LogP contribution is 2.20. The lowest BCUT2D eigenvalue weighted by Crippen LogP contribution is -2.28. The number of aryl methyl sites for hydroxylation is 1. The Labute approximate surface area is 150 Å². The first-order valence-electron chi connectivity index (χ1n) is 8.81. The first-order chi connectivity index (χ1) is 12.6. The van der Waals surface area contributed by atoms with Crippen molar-refractivity contribution in [3.63, 3.8) is 0 Å². The van der Waals surface area contributed by atoms with Gasteiger partial charge in [-0.25, -0.2) is 9.07 Å². The summed E-state index contributed by atoms with van der Waals surface area (Å²) in [5.41, 5.74) is 2.63. The third kappa shape index (κ3) is 3.27. The quantitative estimate of drug-likeness (QED) is 0.737. The monoisotopic (exact) mass is 356 g/mol. The van der Waals surface area contributed by atoms with E-state index in [0.29, 0.717) is 23.4 Å². The topological polar surface area (TPSA) is 71.9 Å². The number of fused-ring (bicyclic) bond motifs is 1. The molecule has 1 unspecified atom stereocenters. The highest BCUT2D eigenvalue weighted by Gasteiger charge is 2.16. The molecule has 0 radical (unpaired) electrons. The smallest absolute Gasteiger partial charge is 0.254 e. The van der Waals surface area contributed by atoms with Gasteiger partial charge in [-0.1, -0.05) is 0 Å². The number of rotatable bonds is 5. The summed E-state index contributed by atoms with van der Waals surface area (Å²) in [6.07, 6.45) is 2.40. The molecule has 4 rings (SSSR count). The SMILES string of the molecule is Cc1nn(-c2ccc(F)cc2)c2[nH]c(=O)c(CNCC3CCCO3)cc12. The van der Waals surface area contributed by atoms with Crippen LogP contribution >= 0.6 is 0 Å². The van der Waals surface area contributed by atoms with E-state index in [9.17, 15) is 9.18 Å². The fraction of sp³-hybridized carbons (Fsp3) is 0.368. The first-order valence-corrected chi connectivity index (χ1v) is 8.81. The summed E-state index contributed by atoms with van der Waals surface area (Å²) in [5, 5.41) is 8.68. The van der Waals surface area contributed by atoms with Crippen LogP contribution in [0.3, 0.4) is 0 Å². The van der Waals surface area contributed by atoms with Gasteiger partial charge in [0, 0.05) is 30.6 Å². The van der Waals surface area contributed by atoms with Crippen LogP contribution in [-0.4, -0.2) is 34.0 Å². The lowest BCUT2D eigenvalue weighted by atomic mass is 10.2. The van der Waals surface area contributed by atoms with Gasteiger partial charge in [0.15, 0.2) is 0 Å². The number of ether oxygens (including phenoxy) is 1. The molecule has 6 nitrogen and oxygen atoms in total. The molecule has 2 aromatic heterocycles. The zero-order valence-corrected chi connectivity index (χ0v) is 14.6.